The number of benzene rings is 1. The zero-order chi connectivity index (χ0) is 18.0. The van der Waals surface area contributed by atoms with E-state index < -0.39 is 0 Å². The van der Waals surface area contributed by atoms with Crippen LogP contribution in [0.15, 0.2) is 42.7 Å². The topological polar surface area (TPSA) is 61.7 Å². The molecule has 0 atom stereocenters. The molecule has 0 aliphatic heterocycles. The van der Waals surface area contributed by atoms with E-state index in [4.69, 9.17) is 0 Å². The molecule has 1 aromatic carbocycles. The van der Waals surface area contributed by atoms with Gasteiger partial charge in [0.1, 0.15) is 5.65 Å². The van der Waals surface area contributed by atoms with E-state index in [0.717, 1.165) is 28.3 Å². The smallest absolute Gasteiger partial charge is 0.319 e. The largest absolute Gasteiger partial charge is 0.378 e. The standard InChI is InChI=1S/C19H23N5O/c1-13-5-8-18-21-15(12-24(18)11-13)10-20-19(25)22-17-7-6-16(23(3)4)9-14(17)2/h5-9,11-12H,10H2,1-4H3,(H2,20,22,25). The summed E-state index contributed by atoms with van der Waals surface area (Å²) in [5.74, 6) is 0. The van der Waals surface area contributed by atoms with Crippen LogP contribution >= 0.6 is 0 Å². The van der Waals surface area contributed by atoms with Crippen LogP contribution in [-0.4, -0.2) is 29.5 Å². The van der Waals surface area contributed by atoms with Gasteiger partial charge in [-0.1, -0.05) is 6.07 Å². The van der Waals surface area contributed by atoms with Crippen LogP contribution in [0.5, 0.6) is 0 Å². The molecule has 6 heteroatoms. The molecule has 130 valence electrons. The number of anilines is 2. The van der Waals surface area contributed by atoms with Gasteiger partial charge in [0.15, 0.2) is 0 Å². The molecule has 3 rings (SSSR count). The molecule has 0 spiro atoms. The number of pyridine rings is 1. The van der Waals surface area contributed by atoms with Gasteiger partial charge in [-0.05, 0) is 49.2 Å². The maximum absolute atomic E-state index is 12.2. The highest BCUT2D eigenvalue weighted by Gasteiger charge is 2.07. The summed E-state index contributed by atoms with van der Waals surface area (Å²) in [4.78, 5) is 18.7. The van der Waals surface area contributed by atoms with Crippen molar-refractivity contribution in [3.05, 3.63) is 59.5 Å². The average molecular weight is 337 g/mol. The number of carbonyl (C=O) groups is 1. The number of amides is 2. The van der Waals surface area contributed by atoms with Crippen LogP contribution in [-0.2, 0) is 6.54 Å². The summed E-state index contributed by atoms with van der Waals surface area (Å²) in [6, 6.07) is 9.68. The van der Waals surface area contributed by atoms with Crippen molar-refractivity contribution in [2.75, 3.05) is 24.3 Å². The maximum atomic E-state index is 12.2. The monoisotopic (exact) mass is 337 g/mol. The van der Waals surface area contributed by atoms with Gasteiger partial charge in [-0.25, -0.2) is 9.78 Å². The van der Waals surface area contributed by atoms with Crippen LogP contribution in [0.25, 0.3) is 5.65 Å². The molecule has 2 N–H and O–H groups in total. The molecule has 0 radical (unpaired) electrons. The summed E-state index contributed by atoms with van der Waals surface area (Å²) in [5, 5.41) is 5.74. The summed E-state index contributed by atoms with van der Waals surface area (Å²) in [6.07, 6.45) is 3.95. The average Bonchev–Trinajstić information content (AvgIpc) is 2.96. The van der Waals surface area contributed by atoms with Gasteiger partial charge in [0.25, 0.3) is 0 Å². The van der Waals surface area contributed by atoms with E-state index in [1.54, 1.807) is 0 Å². The number of imidazole rings is 1. The van der Waals surface area contributed by atoms with E-state index in [2.05, 4.69) is 15.6 Å². The van der Waals surface area contributed by atoms with Crippen molar-refractivity contribution in [1.82, 2.24) is 14.7 Å². The summed E-state index contributed by atoms with van der Waals surface area (Å²) in [7, 11) is 3.98. The molecule has 0 saturated carbocycles. The number of nitrogens with one attached hydrogen (secondary N) is 2. The van der Waals surface area contributed by atoms with Gasteiger partial charge < -0.3 is 19.9 Å². The van der Waals surface area contributed by atoms with E-state index in [0.29, 0.717) is 6.54 Å². The lowest BCUT2D eigenvalue weighted by Gasteiger charge is -2.15. The quantitative estimate of drug-likeness (QED) is 0.767. The number of rotatable bonds is 4. The Hall–Kier alpha value is -3.02. The van der Waals surface area contributed by atoms with Gasteiger partial charge in [0, 0.05) is 37.9 Å². The van der Waals surface area contributed by atoms with Gasteiger partial charge >= 0.3 is 6.03 Å². The fraction of sp³-hybridized carbons (Fsp3) is 0.263. The minimum atomic E-state index is -0.242. The van der Waals surface area contributed by atoms with E-state index in [9.17, 15) is 4.79 Å². The number of hydrogen-bond acceptors (Lipinski definition) is 3. The van der Waals surface area contributed by atoms with Gasteiger partial charge in [0.2, 0.25) is 0 Å². The first-order valence-corrected chi connectivity index (χ1v) is 8.19. The van der Waals surface area contributed by atoms with Crippen molar-refractivity contribution in [1.29, 1.82) is 0 Å². The predicted molar refractivity (Wildman–Crippen MR) is 101 cm³/mol. The number of hydrogen-bond donors (Lipinski definition) is 2. The first-order chi connectivity index (χ1) is 11.9. The molecule has 2 heterocycles. The Morgan fingerprint density at radius 1 is 1.16 bits per heavy atom. The Balaban J connectivity index is 1.62. The van der Waals surface area contributed by atoms with Crippen LogP contribution in [0.1, 0.15) is 16.8 Å². The van der Waals surface area contributed by atoms with Crippen molar-refractivity contribution in [3.8, 4) is 0 Å². The third kappa shape index (κ3) is 3.91. The molecule has 25 heavy (non-hydrogen) atoms. The van der Waals surface area contributed by atoms with Crippen molar-refractivity contribution in [2.45, 2.75) is 20.4 Å². The van der Waals surface area contributed by atoms with E-state index in [1.165, 1.54) is 5.56 Å². The highest BCUT2D eigenvalue weighted by atomic mass is 16.2. The molecule has 0 aliphatic carbocycles. The second-order valence-corrected chi connectivity index (χ2v) is 6.41. The number of aromatic nitrogens is 2. The van der Waals surface area contributed by atoms with Gasteiger partial charge in [-0.15, -0.1) is 0 Å². The number of carbonyl (C=O) groups excluding carboxylic acids is 1. The molecule has 2 aromatic heterocycles. The Bertz CT molecular complexity index is 913. The molecule has 0 aliphatic rings. The van der Waals surface area contributed by atoms with Crippen LogP contribution in [0.3, 0.4) is 0 Å². The first kappa shape index (κ1) is 16.8. The van der Waals surface area contributed by atoms with E-state index >= 15 is 0 Å². The van der Waals surface area contributed by atoms with E-state index in [-0.39, 0.29) is 6.03 Å². The molecule has 2 amide bonds. The zero-order valence-corrected chi connectivity index (χ0v) is 15.0. The molecule has 0 fully saturated rings. The lowest BCUT2D eigenvalue weighted by atomic mass is 10.1. The zero-order valence-electron chi connectivity index (χ0n) is 15.0. The minimum absolute atomic E-state index is 0.242. The van der Waals surface area contributed by atoms with Crippen molar-refractivity contribution >= 4 is 23.1 Å². The van der Waals surface area contributed by atoms with Crippen LogP contribution in [0, 0.1) is 13.8 Å². The highest BCUT2D eigenvalue weighted by Crippen LogP contribution is 2.21. The predicted octanol–water partition coefficient (Wildman–Crippen LogP) is 3.34. The number of urea groups is 1. The first-order valence-electron chi connectivity index (χ1n) is 8.19. The Morgan fingerprint density at radius 3 is 2.68 bits per heavy atom. The lowest BCUT2D eigenvalue weighted by Crippen LogP contribution is -2.28. The fourth-order valence-corrected chi connectivity index (χ4v) is 2.64. The van der Waals surface area contributed by atoms with Gasteiger partial charge in [-0.3, -0.25) is 0 Å². The molecule has 3 aromatic rings. The van der Waals surface area contributed by atoms with Crippen molar-refractivity contribution in [3.63, 3.8) is 0 Å². The van der Waals surface area contributed by atoms with Crippen LogP contribution in [0.2, 0.25) is 0 Å². The molecular weight excluding hydrogens is 314 g/mol. The Morgan fingerprint density at radius 2 is 1.96 bits per heavy atom. The third-order valence-corrected chi connectivity index (χ3v) is 4.05. The summed E-state index contributed by atoms with van der Waals surface area (Å²) >= 11 is 0. The summed E-state index contributed by atoms with van der Waals surface area (Å²) in [5.41, 5.74) is 5.78. The Kier molecular flexibility index (Phi) is 4.61. The van der Waals surface area contributed by atoms with Crippen LogP contribution in [0.4, 0.5) is 16.2 Å². The number of fused-ring (bicyclic) bond motifs is 1. The van der Waals surface area contributed by atoms with Crippen LogP contribution < -0.4 is 15.5 Å². The number of nitrogens with zero attached hydrogens (tertiary/aromatic N) is 3. The molecule has 6 nitrogen and oxygen atoms in total. The maximum Gasteiger partial charge on any atom is 0.319 e. The van der Waals surface area contributed by atoms with Crippen molar-refractivity contribution < 1.29 is 4.79 Å². The summed E-state index contributed by atoms with van der Waals surface area (Å²) in [6.45, 7) is 4.39. The SMILES string of the molecule is Cc1ccc2nc(CNC(=O)Nc3ccc(N(C)C)cc3C)cn2c1. The van der Waals surface area contributed by atoms with Crippen molar-refractivity contribution in [2.24, 2.45) is 0 Å². The third-order valence-electron chi connectivity index (χ3n) is 4.05. The molecule has 0 bridgehead atoms. The summed E-state index contributed by atoms with van der Waals surface area (Å²) < 4.78 is 1.97. The van der Waals surface area contributed by atoms with Gasteiger partial charge in [0.05, 0.1) is 12.2 Å². The fourth-order valence-electron chi connectivity index (χ4n) is 2.64. The van der Waals surface area contributed by atoms with E-state index in [1.807, 2.05) is 80.0 Å². The highest BCUT2D eigenvalue weighted by molar-refractivity contribution is 5.90. The normalized spacial score (nSPS) is 10.7. The minimum Gasteiger partial charge on any atom is -0.378 e. The Labute approximate surface area is 147 Å². The molecule has 0 unspecified atom stereocenters. The number of aryl methyl sites for hydroxylation is 2. The van der Waals surface area contributed by atoms with Gasteiger partial charge in [-0.2, -0.15) is 0 Å². The lowest BCUT2D eigenvalue weighted by molar-refractivity contribution is 0.251. The second kappa shape index (κ2) is 6.84. The molecule has 0 saturated heterocycles. The second-order valence-electron chi connectivity index (χ2n) is 6.41. The molecular formula is C19H23N5O.